The summed E-state index contributed by atoms with van der Waals surface area (Å²) in [5.74, 6) is -0.0213. The number of pyridine rings is 1. The molecule has 1 aromatic carbocycles. The third kappa shape index (κ3) is 4.20. The number of benzene rings is 1. The number of aromatic nitrogens is 4. The molecule has 0 aliphatic carbocycles. The predicted molar refractivity (Wildman–Crippen MR) is 98.2 cm³/mol. The lowest BCUT2D eigenvalue weighted by Gasteiger charge is -2.32. The molecule has 0 fully saturated rings. The summed E-state index contributed by atoms with van der Waals surface area (Å²) in [7, 11) is 1.93. The molecule has 3 heterocycles. The predicted octanol–water partition coefficient (Wildman–Crippen LogP) is 2.67. The quantitative estimate of drug-likeness (QED) is 0.670. The second-order valence-corrected chi connectivity index (χ2v) is 6.91. The van der Waals surface area contributed by atoms with Crippen LogP contribution in [0.25, 0.3) is 0 Å². The topological polar surface area (TPSA) is 56.1 Å². The minimum Gasteiger partial charge on any atom is -0.376 e. The second kappa shape index (κ2) is 7.94. The molecule has 0 saturated carbocycles. The first-order chi connectivity index (χ1) is 13.2. The number of halogens is 1. The van der Waals surface area contributed by atoms with Gasteiger partial charge < -0.3 is 4.74 Å². The van der Waals surface area contributed by atoms with Crippen LogP contribution in [0.15, 0.2) is 48.8 Å². The van der Waals surface area contributed by atoms with Crippen LogP contribution in [0, 0.1) is 5.82 Å². The fourth-order valence-electron chi connectivity index (χ4n) is 3.59. The van der Waals surface area contributed by atoms with E-state index in [9.17, 15) is 4.39 Å². The third-order valence-electron chi connectivity index (χ3n) is 4.84. The van der Waals surface area contributed by atoms with Gasteiger partial charge in [-0.2, -0.15) is 0 Å². The van der Waals surface area contributed by atoms with Crippen molar-refractivity contribution in [2.45, 2.75) is 25.6 Å². The molecule has 0 radical (unpaired) electrons. The van der Waals surface area contributed by atoms with E-state index in [0.29, 0.717) is 13.2 Å². The lowest BCUT2D eigenvalue weighted by molar-refractivity contribution is 0.0829. The SMILES string of the molecule is Cn1nnc2c1[C@@H](COCc1ccncc1)CN(Cc1ccc(F)cc1)C2. The molecule has 1 aliphatic heterocycles. The fourth-order valence-corrected chi connectivity index (χ4v) is 3.59. The molecule has 6 nitrogen and oxygen atoms in total. The molecule has 7 heteroatoms. The van der Waals surface area contributed by atoms with E-state index >= 15 is 0 Å². The van der Waals surface area contributed by atoms with Crippen molar-refractivity contribution in [2.24, 2.45) is 7.05 Å². The van der Waals surface area contributed by atoms with E-state index in [2.05, 4.69) is 20.2 Å². The average molecular weight is 367 g/mol. The van der Waals surface area contributed by atoms with Gasteiger partial charge >= 0.3 is 0 Å². The molecule has 1 aliphatic rings. The van der Waals surface area contributed by atoms with Crippen molar-refractivity contribution in [1.82, 2.24) is 24.9 Å². The van der Waals surface area contributed by atoms with Gasteiger partial charge in [-0.15, -0.1) is 5.10 Å². The van der Waals surface area contributed by atoms with E-state index in [0.717, 1.165) is 42.1 Å². The van der Waals surface area contributed by atoms with Crippen molar-refractivity contribution >= 4 is 0 Å². The van der Waals surface area contributed by atoms with Crippen molar-refractivity contribution in [3.8, 4) is 0 Å². The standard InChI is InChI=1S/C20H22FN5O/c1-25-20-17(14-27-13-16-6-8-22-9-7-16)11-26(12-19(20)23-24-25)10-15-2-4-18(21)5-3-15/h2-9,17H,10-14H2,1H3/t17-/m1/s1. The number of hydrogen-bond donors (Lipinski definition) is 0. The molecule has 0 unspecified atom stereocenters. The molecule has 0 spiro atoms. The lowest BCUT2D eigenvalue weighted by Crippen LogP contribution is -2.36. The molecule has 140 valence electrons. The molecular weight excluding hydrogens is 345 g/mol. The van der Waals surface area contributed by atoms with Crippen LogP contribution in [0.3, 0.4) is 0 Å². The molecular formula is C20H22FN5O. The minimum absolute atomic E-state index is 0.191. The van der Waals surface area contributed by atoms with E-state index in [1.165, 1.54) is 12.1 Å². The van der Waals surface area contributed by atoms with Crippen LogP contribution in [-0.4, -0.2) is 38.0 Å². The van der Waals surface area contributed by atoms with Crippen LogP contribution in [0.5, 0.6) is 0 Å². The third-order valence-corrected chi connectivity index (χ3v) is 4.84. The van der Waals surface area contributed by atoms with Crippen molar-refractivity contribution < 1.29 is 9.13 Å². The van der Waals surface area contributed by atoms with E-state index in [1.54, 1.807) is 12.4 Å². The summed E-state index contributed by atoms with van der Waals surface area (Å²) < 4.78 is 21.0. The molecule has 0 N–H and O–H groups in total. The highest BCUT2D eigenvalue weighted by Crippen LogP contribution is 2.28. The van der Waals surface area contributed by atoms with Gasteiger partial charge in [0.2, 0.25) is 0 Å². The number of nitrogens with zero attached hydrogens (tertiary/aromatic N) is 5. The van der Waals surface area contributed by atoms with Gasteiger partial charge in [0.25, 0.3) is 0 Å². The summed E-state index contributed by atoms with van der Waals surface area (Å²) in [6, 6.07) is 10.6. The van der Waals surface area contributed by atoms with Crippen LogP contribution in [0.1, 0.15) is 28.4 Å². The Kier molecular flexibility index (Phi) is 5.22. The first kappa shape index (κ1) is 17.8. The van der Waals surface area contributed by atoms with Gasteiger partial charge in [0.1, 0.15) is 11.5 Å². The number of fused-ring (bicyclic) bond motifs is 1. The molecule has 1 atom stereocenters. The van der Waals surface area contributed by atoms with E-state index in [1.807, 2.05) is 36.0 Å². The molecule has 27 heavy (non-hydrogen) atoms. The number of rotatable bonds is 6. The second-order valence-electron chi connectivity index (χ2n) is 6.91. The zero-order chi connectivity index (χ0) is 18.6. The van der Waals surface area contributed by atoms with Crippen molar-refractivity contribution in [2.75, 3.05) is 13.2 Å². The molecule has 2 aromatic heterocycles. The summed E-state index contributed by atoms with van der Waals surface area (Å²) in [5, 5.41) is 8.52. The van der Waals surface area contributed by atoms with Gasteiger partial charge in [-0.05, 0) is 35.4 Å². The number of hydrogen-bond acceptors (Lipinski definition) is 5. The number of ether oxygens (including phenoxy) is 1. The Morgan fingerprint density at radius 2 is 1.89 bits per heavy atom. The Hall–Kier alpha value is -2.64. The van der Waals surface area contributed by atoms with Crippen molar-refractivity contribution in [3.63, 3.8) is 0 Å². The largest absolute Gasteiger partial charge is 0.376 e. The summed E-state index contributed by atoms with van der Waals surface area (Å²) in [4.78, 5) is 6.34. The van der Waals surface area contributed by atoms with Crippen molar-refractivity contribution in [1.29, 1.82) is 0 Å². The van der Waals surface area contributed by atoms with Crippen LogP contribution < -0.4 is 0 Å². The minimum atomic E-state index is -0.212. The highest BCUT2D eigenvalue weighted by Gasteiger charge is 2.30. The maximum Gasteiger partial charge on any atom is 0.123 e. The Morgan fingerprint density at radius 1 is 1.11 bits per heavy atom. The molecule has 0 amide bonds. The maximum atomic E-state index is 13.2. The van der Waals surface area contributed by atoms with Gasteiger partial charge in [0.05, 0.1) is 18.9 Å². The molecule has 4 rings (SSSR count). The number of aryl methyl sites for hydroxylation is 1. The van der Waals surface area contributed by atoms with Gasteiger partial charge in [0.15, 0.2) is 0 Å². The highest BCUT2D eigenvalue weighted by molar-refractivity contribution is 5.21. The van der Waals surface area contributed by atoms with E-state index in [4.69, 9.17) is 4.74 Å². The molecule has 0 saturated heterocycles. The summed E-state index contributed by atoms with van der Waals surface area (Å²) in [6.07, 6.45) is 3.54. The van der Waals surface area contributed by atoms with Crippen LogP contribution in [0.4, 0.5) is 4.39 Å². The van der Waals surface area contributed by atoms with Crippen LogP contribution in [0.2, 0.25) is 0 Å². The summed E-state index contributed by atoms with van der Waals surface area (Å²) >= 11 is 0. The van der Waals surface area contributed by atoms with Crippen LogP contribution >= 0.6 is 0 Å². The van der Waals surface area contributed by atoms with Gasteiger partial charge in [-0.3, -0.25) is 14.6 Å². The van der Waals surface area contributed by atoms with Gasteiger partial charge in [-0.1, -0.05) is 17.3 Å². The summed E-state index contributed by atoms with van der Waals surface area (Å²) in [5.41, 5.74) is 4.32. The van der Waals surface area contributed by atoms with E-state index < -0.39 is 0 Å². The Labute approximate surface area is 157 Å². The smallest absolute Gasteiger partial charge is 0.123 e. The maximum absolute atomic E-state index is 13.2. The monoisotopic (exact) mass is 367 g/mol. The van der Waals surface area contributed by atoms with Gasteiger partial charge in [-0.25, -0.2) is 4.39 Å². The normalized spacial score (nSPS) is 17.0. The first-order valence-corrected chi connectivity index (χ1v) is 9.01. The molecule has 0 bridgehead atoms. The molecule has 3 aromatic rings. The Bertz CT molecular complexity index is 881. The zero-order valence-electron chi connectivity index (χ0n) is 15.3. The highest BCUT2D eigenvalue weighted by atomic mass is 19.1. The average Bonchev–Trinajstić information content (AvgIpc) is 3.05. The van der Waals surface area contributed by atoms with Gasteiger partial charge in [0, 0.05) is 45.0 Å². The van der Waals surface area contributed by atoms with E-state index in [-0.39, 0.29) is 11.7 Å². The van der Waals surface area contributed by atoms with Crippen LogP contribution in [-0.2, 0) is 31.5 Å². The Morgan fingerprint density at radius 3 is 2.67 bits per heavy atom. The lowest BCUT2D eigenvalue weighted by atomic mass is 9.98. The Balaban J connectivity index is 1.44. The van der Waals surface area contributed by atoms with Crippen molar-refractivity contribution in [3.05, 3.63) is 77.1 Å². The zero-order valence-corrected chi connectivity index (χ0v) is 15.3. The first-order valence-electron chi connectivity index (χ1n) is 9.01. The summed E-state index contributed by atoms with van der Waals surface area (Å²) in [6.45, 7) is 3.48. The fraction of sp³-hybridized carbons (Fsp3) is 0.350.